The number of pyridine rings is 1. The van der Waals surface area contributed by atoms with Crippen molar-refractivity contribution in [2.75, 3.05) is 18.9 Å². The number of aromatic nitrogens is 1. The van der Waals surface area contributed by atoms with Gasteiger partial charge in [0.1, 0.15) is 28.2 Å². The molecule has 27 heavy (non-hydrogen) atoms. The van der Waals surface area contributed by atoms with Crippen LogP contribution in [0.4, 0.5) is 10.8 Å². The molecule has 11 heteroatoms. The van der Waals surface area contributed by atoms with Crippen molar-refractivity contribution in [2.45, 2.75) is 20.5 Å². The molecule has 144 valence electrons. The molecule has 0 aliphatic heterocycles. The van der Waals surface area contributed by atoms with Gasteiger partial charge in [-0.1, -0.05) is 0 Å². The maximum atomic E-state index is 12.2. The van der Waals surface area contributed by atoms with Gasteiger partial charge in [-0.2, -0.15) is 0 Å². The Balaban J connectivity index is 2.42. The predicted molar refractivity (Wildman–Crippen MR) is 95.9 cm³/mol. The molecule has 0 fully saturated rings. The van der Waals surface area contributed by atoms with Gasteiger partial charge < -0.3 is 30.1 Å². The summed E-state index contributed by atoms with van der Waals surface area (Å²) < 4.78 is 15.4. The molecular weight excluding hydrogens is 378 g/mol. The number of carbonyl (C=O) groups excluding carboxylic acids is 2. The van der Waals surface area contributed by atoms with Gasteiger partial charge in [-0.25, -0.2) is 9.59 Å². The van der Waals surface area contributed by atoms with E-state index in [1.807, 2.05) is 0 Å². The molecule has 0 spiro atoms. The Bertz CT molecular complexity index is 866. The lowest BCUT2D eigenvalue weighted by atomic mass is 10.1. The minimum Gasteiger partial charge on any atom is -0.481 e. The lowest BCUT2D eigenvalue weighted by Crippen LogP contribution is -2.13. The van der Waals surface area contributed by atoms with E-state index in [9.17, 15) is 19.7 Å². The Morgan fingerprint density at radius 3 is 2.56 bits per heavy atom. The van der Waals surface area contributed by atoms with Crippen molar-refractivity contribution < 1.29 is 28.7 Å². The second kappa shape index (κ2) is 8.94. The van der Waals surface area contributed by atoms with E-state index in [0.29, 0.717) is 0 Å². The Labute approximate surface area is 158 Å². The third-order valence-corrected chi connectivity index (χ3v) is 4.31. The van der Waals surface area contributed by atoms with Gasteiger partial charge in [0.25, 0.3) is 0 Å². The highest BCUT2D eigenvalue weighted by molar-refractivity contribution is 7.18. The van der Waals surface area contributed by atoms with Gasteiger partial charge in [-0.15, -0.1) is 11.3 Å². The van der Waals surface area contributed by atoms with Crippen LogP contribution in [0.1, 0.15) is 39.4 Å². The summed E-state index contributed by atoms with van der Waals surface area (Å²) in [5.74, 6) is -2.00. The van der Waals surface area contributed by atoms with Crippen LogP contribution < -0.4 is 10.5 Å². The summed E-state index contributed by atoms with van der Waals surface area (Å²) in [4.78, 5) is 38.5. The molecule has 2 rings (SSSR count). The van der Waals surface area contributed by atoms with Crippen LogP contribution in [0.5, 0.6) is 5.75 Å². The van der Waals surface area contributed by atoms with Crippen LogP contribution in [0.25, 0.3) is 0 Å². The number of esters is 2. The maximum absolute atomic E-state index is 12.2. The third kappa shape index (κ3) is 4.50. The van der Waals surface area contributed by atoms with Gasteiger partial charge in [-0.3, -0.25) is 0 Å². The van der Waals surface area contributed by atoms with Gasteiger partial charge in [0.05, 0.1) is 13.2 Å². The first-order valence-corrected chi connectivity index (χ1v) is 8.69. The number of rotatable bonds is 8. The molecule has 0 saturated carbocycles. The zero-order chi connectivity index (χ0) is 20.0. The molecule has 10 nitrogen and oxygen atoms in total. The second-order valence-electron chi connectivity index (χ2n) is 4.96. The van der Waals surface area contributed by atoms with E-state index in [1.165, 1.54) is 18.3 Å². The second-order valence-corrected chi connectivity index (χ2v) is 6.01. The molecule has 0 aliphatic carbocycles. The number of carbonyl (C=O) groups is 2. The highest BCUT2D eigenvalue weighted by Gasteiger charge is 2.29. The van der Waals surface area contributed by atoms with Gasteiger partial charge in [0, 0.05) is 5.56 Å². The fourth-order valence-corrected chi connectivity index (χ4v) is 3.15. The Hall–Kier alpha value is -3.21. The average molecular weight is 395 g/mol. The molecule has 0 amide bonds. The van der Waals surface area contributed by atoms with Crippen LogP contribution in [0.3, 0.4) is 0 Å². The standard InChI is InChI=1S/C16H17N3O7S/c1-3-24-15(20)11-9(12(27-13(11)17)16(21)25-4-2)8-26-10-6-5-7-18-14(10)19(22)23/h5-7H,3-4,8,17H2,1-2H3. The Morgan fingerprint density at radius 1 is 1.26 bits per heavy atom. The SMILES string of the molecule is CCOC(=O)c1sc(N)c(C(=O)OCC)c1COc1cccnc1[N+](=O)[O-]. The first-order valence-electron chi connectivity index (χ1n) is 7.88. The number of nitrogens with zero attached hydrogens (tertiary/aromatic N) is 2. The molecule has 0 atom stereocenters. The van der Waals surface area contributed by atoms with E-state index >= 15 is 0 Å². The quantitative estimate of drug-likeness (QED) is 0.405. The smallest absolute Gasteiger partial charge is 0.406 e. The summed E-state index contributed by atoms with van der Waals surface area (Å²) in [5.41, 5.74) is 6.02. The van der Waals surface area contributed by atoms with E-state index in [2.05, 4.69) is 4.98 Å². The zero-order valence-electron chi connectivity index (χ0n) is 14.6. The molecule has 0 aliphatic rings. The van der Waals surface area contributed by atoms with Crippen molar-refractivity contribution in [3.63, 3.8) is 0 Å². The summed E-state index contributed by atoms with van der Waals surface area (Å²) in [7, 11) is 0. The first-order chi connectivity index (χ1) is 12.9. The van der Waals surface area contributed by atoms with Crippen molar-refractivity contribution >= 4 is 34.1 Å². The van der Waals surface area contributed by atoms with Crippen LogP contribution in [0, 0.1) is 10.1 Å². The van der Waals surface area contributed by atoms with Crippen LogP contribution in [-0.2, 0) is 16.1 Å². The highest BCUT2D eigenvalue weighted by Crippen LogP contribution is 2.34. The number of anilines is 1. The maximum Gasteiger partial charge on any atom is 0.406 e. The lowest BCUT2D eigenvalue weighted by Gasteiger charge is -2.09. The number of nitrogen functional groups attached to an aromatic ring is 1. The average Bonchev–Trinajstić information content (AvgIpc) is 2.97. The predicted octanol–water partition coefficient (Wildman–Crippen LogP) is 2.57. The van der Waals surface area contributed by atoms with E-state index in [1.54, 1.807) is 13.8 Å². The van der Waals surface area contributed by atoms with Gasteiger partial charge in [-0.05, 0) is 35.9 Å². The van der Waals surface area contributed by atoms with E-state index in [4.69, 9.17) is 19.9 Å². The van der Waals surface area contributed by atoms with Crippen molar-refractivity contribution in [3.8, 4) is 5.75 Å². The first kappa shape index (κ1) is 20.1. The summed E-state index contributed by atoms with van der Waals surface area (Å²) in [6, 6.07) is 2.82. The number of nitro groups is 1. The number of nitrogens with two attached hydrogens (primary N) is 1. The number of thiophene rings is 1. The molecule has 2 aromatic rings. The molecular formula is C16H17N3O7S. The molecule has 0 radical (unpaired) electrons. The lowest BCUT2D eigenvalue weighted by molar-refractivity contribution is -0.390. The third-order valence-electron chi connectivity index (χ3n) is 3.27. The fourth-order valence-electron chi connectivity index (χ4n) is 2.19. The van der Waals surface area contributed by atoms with Crippen LogP contribution in [-0.4, -0.2) is 35.1 Å². The van der Waals surface area contributed by atoms with E-state index in [-0.39, 0.29) is 46.6 Å². The van der Waals surface area contributed by atoms with Crippen LogP contribution in [0.15, 0.2) is 18.3 Å². The monoisotopic (exact) mass is 395 g/mol. The molecule has 2 heterocycles. The number of ether oxygens (including phenoxy) is 3. The van der Waals surface area contributed by atoms with Gasteiger partial charge in [0.15, 0.2) is 0 Å². The van der Waals surface area contributed by atoms with Gasteiger partial charge in [0.2, 0.25) is 5.75 Å². The van der Waals surface area contributed by atoms with Crippen molar-refractivity contribution in [2.24, 2.45) is 0 Å². The van der Waals surface area contributed by atoms with Crippen LogP contribution in [0.2, 0.25) is 0 Å². The highest BCUT2D eigenvalue weighted by atomic mass is 32.1. The molecule has 0 aromatic carbocycles. The van der Waals surface area contributed by atoms with Crippen molar-refractivity contribution in [1.82, 2.24) is 4.98 Å². The zero-order valence-corrected chi connectivity index (χ0v) is 15.4. The van der Waals surface area contributed by atoms with E-state index < -0.39 is 22.7 Å². The number of hydrogen-bond acceptors (Lipinski definition) is 10. The fraction of sp³-hybridized carbons (Fsp3) is 0.312. The van der Waals surface area contributed by atoms with Crippen molar-refractivity contribution in [3.05, 3.63) is 44.4 Å². The molecule has 0 unspecified atom stereocenters. The minimum absolute atomic E-state index is 0.0172. The Morgan fingerprint density at radius 2 is 1.93 bits per heavy atom. The molecule has 0 bridgehead atoms. The number of hydrogen-bond donors (Lipinski definition) is 1. The summed E-state index contributed by atoms with van der Waals surface area (Å²) in [6.45, 7) is 3.16. The normalized spacial score (nSPS) is 10.3. The topological polar surface area (TPSA) is 144 Å². The molecule has 0 saturated heterocycles. The molecule has 2 aromatic heterocycles. The summed E-state index contributed by atoms with van der Waals surface area (Å²) in [5, 5.41) is 11.1. The Kier molecular flexibility index (Phi) is 6.66. The van der Waals surface area contributed by atoms with Crippen molar-refractivity contribution in [1.29, 1.82) is 0 Å². The minimum atomic E-state index is -0.721. The summed E-state index contributed by atoms with van der Waals surface area (Å²) in [6.07, 6.45) is 1.25. The molecule has 2 N–H and O–H groups in total. The van der Waals surface area contributed by atoms with E-state index in [0.717, 1.165) is 11.3 Å². The summed E-state index contributed by atoms with van der Waals surface area (Å²) >= 11 is 0.862. The van der Waals surface area contributed by atoms with Crippen LogP contribution >= 0.6 is 11.3 Å². The van der Waals surface area contributed by atoms with Gasteiger partial charge >= 0.3 is 17.8 Å². The largest absolute Gasteiger partial charge is 0.481 e.